The zero-order chi connectivity index (χ0) is 18.1. The second-order valence-corrected chi connectivity index (χ2v) is 8.64. The van der Waals surface area contributed by atoms with Gasteiger partial charge in [0, 0.05) is 38.6 Å². The molecule has 1 aromatic carbocycles. The maximum absolute atomic E-state index is 13.0. The molecule has 0 spiro atoms. The van der Waals surface area contributed by atoms with Gasteiger partial charge in [0.15, 0.2) is 0 Å². The number of carbonyl (C=O) groups excluding carboxylic acids is 1. The Hall–Kier alpha value is -0.810. The molecule has 2 saturated heterocycles. The minimum Gasteiger partial charge on any atom is -0.379 e. The smallest absolute Gasteiger partial charge is 0.226 e. The van der Waals surface area contributed by atoms with Gasteiger partial charge in [-0.3, -0.25) is 9.69 Å². The Morgan fingerprint density at radius 2 is 1.96 bits per heavy atom. The van der Waals surface area contributed by atoms with E-state index in [0.717, 1.165) is 64.3 Å². The quantitative estimate of drug-likeness (QED) is 0.777. The summed E-state index contributed by atoms with van der Waals surface area (Å²) in [6.45, 7) is 6.61. The molecule has 1 aliphatic carbocycles. The van der Waals surface area contributed by atoms with Crippen LogP contribution in [-0.4, -0.2) is 61.6 Å². The number of halogens is 2. The molecule has 2 aliphatic heterocycles. The van der Waals surface area contributed by atoms with Gasteiger partial charge < -0.3 is 9.64 Å². The molecule has 0 radical (unpaired) electrons. The average molecular weight is 397 g/mol. The zero-order valence-corrected chi connectivity index (χ0v) is 16.5. The van der Waals surface area contributed by atoms with Crippen LogP contribution < -0.4 is 0 Å². The zero-order valence-electron chi connectivity index (χ0n) is 15.0. The van der Waals surface area contributed by atoms with Crippen LogP contribution in [0.15, 0.2) is 18.2 Å². The highest BCUT2D eigenvalue weighted by atomic mass is 35.5. The normalized spacial score (nSPS) is 29.6. The summed E-state index contributed by atoms with van der Waals surface area (Å²) in [5.74, 6) is 1.34. The lowest BCUT2D eigenvalue weighted by atomic mass is 9.96. The Bertz CT molecular complexity index is 663. The van der Waals surface area contributed by atoms with Gasteiger partial charge in [0.2, 0.25) is 5.91 Å². The van der Waals surface area contributed by atoms with Crippen LogP contribution in [0.2, 0.25) is 10.0 Å². The molecule has 0 aromatic heterocycles. The van der Waals surface area contributed by atoms with Crippen LogP contribution in [0, 0.1) is 11.8 Å². The molecule has 2 heterocycles. The summed E-state index contributed by atoms with van der Waals surface area (Å²) in [6.07, 6.45) is 3.27. The van der Waals surface area contributed by atoms with E-state index < -0.39 is 0 Å². The van der Waals surface area contributed by atoms with Crippen molar-refractivity contribution in [3.05, 3.63) is 33.8 Å². The van der Waals surface area contributed by atoms with Gasteiger partial charge in [0.25, 0.3) is 0 Å². The van der Waals surface area contributed by atoms with E-state index in [-0.39, 0.29) is 5.92 Å². The number of benzene rings is 1. The lowest BCUT2D eigenvalue weighted by Gasteiger charge is -2.37. The molecule has 0 bridgehead atoms. The summed E-state index contributed by atoms with van der Waals surface area (Å²) in [4.78, 5) is 17.6. The van der Waals surface area contributed by atoms with Gasteiger partial charge in [-0.05, 0) is 48.8 Å². The van der Waals surface area contributed by atoms with E-state index in [1.54, 1.807) is 0 Å². The summed E-state index contributed by atoms with van der Waals surface area (Å²) >= 11 is 12.1. The van der Waals surface area contributed by atoms with Crippen LogP contribution in [0.3, 0.4) is 0 Å². The minimum atomic E-state index is 0.120. The molecule has 4 nitrogen and oxygen atoms in total. The monoisotopic (exact) mass is 396 g/mol. The molecule has 1 aromatic rings. The topological polar surface area (TPSA) is 32.8 Å². The molecule has 142 valence electrons. The predicted molar refractivity (Wildman–Crippen MR) is 104 cm³/mol. The van der Waals surface area contributed by atoms with Crippen molar-refractivity contribution in [2.24, 2.45) is 11.8 Å². The number of piperidine rings is 1. The van der Waals surface area contributed by atoms with Crippen molar-refractivity contribution in [1.82, 2.24) is 9.80 Å². The summed E-state index contributed by atoms with van der Waals surface area (Å²) in [5, 5.41) is 1.15. The third-order valence-corrected chi connectivity index (χ3v) is 6.67. The molecule has 3 unspecified atom stereocenters. The van der Waals surface area contributed by atoms with Crippen molar-refractivity contribution < 1.29 is 9.53 Å². The molecule has 3 fully saturated rings. The Kier molecular flexibility index (Phi) is 5.75. The fourth-order valence-electron chi connectivity index (χ4n) is 4.38. The molecule has 3 aliphatic rings. The fraction of sp³-hybridized carbons (Fsp3) is 0.650. The molecule has 0 N–H and O–H groups in total. The van der Waals surface area contributed by atoms with Crippen LogP contribution in [-0.2, 0) is 9.53 Å². The van der Waals surface area contributed by atoms with Crippen LogP contribution >= 0.6 is 23.2 Å². The maximum atomic E-state index is 13.0. The summed E-state index contributed by atoms with van der Waals surface area (Å²) in [7, 11) is 0. The van der Waals surface area contributed by atoms with E-state index in [2.05, 4.69) is 9.80 Å². The Morgan fingerprint density at radius 1 is 1.15 bits per heavy atom. The van der Waals surface area contributed by atoms with Crippen molar-refractivity contribution in [2.45, 2.75) is 25.2 Å². The van der Waals surface area contributed by atoms with Crippen LogP contribution in [0.4, 0.5) is 0 Å². The minimum absolute atomic E-state index is 0.120. The first kappa shape index (κ1) is 18.5. The van der Waals surface area contributed by atoms with Crippen LogP contribution in [0.5, 0.6) is 0 Å². The van der Waals surface area contributed by atoms with Crippen molar-refractivity contribution >= 4 is 29.1 Å². The first-order valence-electron chi connectivity index (χ1n) is 9.65. The highest BCUT2D eigenvalue weighted by Crippen LogP contribution is 2.49. The summed E-state index contributed by atoms with van der Waals surface area (Å²) in [5.41, 5.74) is 1.14. The molecule has 1 saturated carbocycles. The number of rotatable bonds is 4. The van der Waals surface area contributed by atoms with Crippen molar-refractivity contribution in [1.29, 1.82) is 0 Å². The van der Waals surface area contributed by atoms with E-state index in [9.17, 15) is 4.79 Å². The molecular formula is C20H26Cl2N2O2. The van der Waals surface area contributed by atoms with Crippen molar-refractivity contribution in [2.75, 3.05) is 45.9 Å². The Morgan fingerprint density at radius 3 is 2.73 bits per heavy atom. The van der Waals surface area contributed by atoms with Gasteiger partial charge in [-0.2, -0.15) is 0 Å². The molecule has 4 rings (SSSR count). The van der Waals surface area contributed by atoms with Gasteiger partial charge in [0.1, 0.15) is 0 Å². The Balaban J connectivity index is 1.32. The number of hydrogen-bond acceptors (Lipinski definition) is 3. The van der Waals surface area contributed by atoms with Gasteiger partial charge in [-0.15, -0.1) is 0 Å². The number of amides is 1. The third kappa shape index (κ3) is 4.19. The van der Waals surface area contributed by atoms with E-state index in [0.29, 0.717) is 27.8 Å². The van der Waals surface area contributed by atoms with Crippen LogP contribution in [0.1, 0.15) is 30.7 Å². The summed E-state index contributed by atoms with van der Waals surface area (Å²) in [6, 6.07) is 5.75. The van der Waals surface area contributed by atoms with Gasteiger partial charge in [0.05, 0.1) is 23.3 Å². The second-order valence-electron chi connectivity index (χ2n) is 7.83. The fourth-order valence-corrected chi connectivity index (χ4v) is 4.68. The summed E-state index contributed by atoms with van der Waals surface area (Å²) < 4.78 is 5.43. The number of carbonyl (C=O) groups is 1. The maximum Gasteiger partial charge on any atom is 0.226 e. The first-order valence-corrected chi connectivity index (χ1v) is 10.4. The molecule has 26 heavy (non-hydrogen) atoms. The number of hydrogen-bond donors (Lipinski definition) is 0. The number of morpholine rings is 1. The standard InChI is InChI=1S/C20H26Cl2N2O2/c21-18-4-3-15(10-19(18)22)16-11-17(16)20(25)24-5-1-2-14(13-24)12-23-6-8-26-9-7-23/h3-4,10,14,16-17H,1-2,5-9,11-13H2. The number of ether oxygens (including phenoxy) is 1. The van der Waals surface area contributed by atoms with E-state index in [4.69, 9.17) is 27.9 Å². The lowest BCUT2D eigenvalue weighted by molar-refractivity contribution is -0.134. The van der Waals surface area contributed by atoms with Gasteiger partial charge in [-0.25, -0.2) is 0 Å². The van der Waals surface area contributed by atoms with Crippen LogP contribution in [0.25, 0.3) is 0 Å². The average Bonchev–Trinajstić information content (AvgIpc) is 3.45. The van der Waals surface area contributed by atoms with E-state index >= 15 is 0 Å². The molecule has 3 atom stereocenters. The largest absolute Gasteiger partial charge is 0.379 e. The number of nitrogens with zero attached hydrogens (tertiary/aromatic N) is 2. The second kappa shape index (κ2) is 8.05. The lowest BCUT2D eigenvalue weighted by Crippen LogP contribution is -2.46. The molecular weight excluding hydrogens is 371 g/mol. The first-order chi connectivity index (χ1) is 12.6. The molecule has 6 heteroatoms. The predicted octanol–water partition coefficient (Wildman–Crippen LogP) is 3.67. The van der Waals surface area contributed by atoms with Gasteiger partial charge >= 0.3 is 0 Å². The molecule has 1 amide bonds. The van der Waals surface area contributed by atoms with Crippen molar-refractivity contribution in [3.63, 3.8) is 0 Å². The highest BCUT2D eigenvalue weighted by Gasteiger charge is 2.46. The van der Waals surface area contributed by atoms with Gasteiger partial charge in [-0.1, -0.05) is 29.3 Å². The van der Waals surface area contributed by atoms with E-state index in [1.807, 2.05) is 18.2 Å². The SMILES string of the molecule is O=C(C1CC1c1ccc(Cl)c(Cl)c1)N1CCCC(CN2CCOCC2)C1. The highest BCUT2D eigenvalue weighted by molar-refractivity contribution is 6.42. The Labute approximate surface area is 165 Å². The third-order valence-electron chi connectivity index (χ3n) is 5.93. The number of likely N-dealkylation sites (tertiary alicyclic amines) is 1. The van der Waals surface area contributed by atoms with Crippen molar-refractivity contribution in [3.8, 4) is 0 Å². The van der Waals surface area contributed by atoms with E-state index in [1.165, 1.54) is 6.42 Å².